The zero-order valence-electron chi connectivity index (χ0n) is 22.5. The van der Waals surface area contributed by atoms with Crippen molar-refractivity contribution in [2.24, 2.45) is 0 Å². The fourth-order valence-electron chi connectivity index (χ4n) is 3.79. The van der Waals surface area contributed by atoms with Gasteiger partial charge in [0.15, 0.2) is 11.5 Å². The van der Waals surface area contributed by atoms with Crippen LogP contribution in [0.4, 0.5) is 0 Å². The first kappa shape index (κ1) is 29.4. The molecule has 1 amide bonds. The first-order chi connectivity index (χ1) is 19.9. The molecule has 1 N–H and O–H groups in total. The second-order valence-corrected chi connectivity index (χ2v) is 9.27. The Morgan fingerprint density at radius 1 is 0.976 bits per heavy atom. The van der Waals surface area contributed by atoms with Gasteiger partial charge in [-0.1, -0.05) is 29.8 Å². The van der Waals surface area contributed by atoms with Gasteiger partial charge in [-0.3, -0.25) is 4.79 Å². The lowest BCUT2D eigenvalue weighted by Gasteiger charge is -2.11. The minimum absolute atomic E-state index is 0.112. The molecule has 0 atom stereocenters. The number of ether oxygens (including phenoxy) is 4. The Balaban J connectivity index is 1.38. The summed E-state index contributed by atoms with van der Waals surface area (Å²) in [5.41, 5.74) is 0.921. The topological polar surface area (TPSA) is 113 Å². The quantitative estimate of drug-likeness (QED) is 0.0781. The molecule has 1 aromatic heterocycles. The van der Waals surface area contributed by atoms with E-state index in [9.17, 15) is 14.4 Å². The van der Waals surface area contributed by atoms with Crippen molar-refractivity contribution >= 4 is 40.5 Å². The Morgan fingerprint density at radius 2 is 1.78 bits per heavy atom. The lowest BCUT2D eigenvalue weighted by atomic mass is 10.1. The van der Waals surface area contributed by atoms with Crippen LogP contribution in [-0.4, -0.2) is 39.2 Å². The average Bonchev–Trinajstić information content (AvgIpc) is 2.97. The van der Waals surface area contributed by atoms with Crippen LogP contribution in [0.15, 0.2) is 82.0 Å². The normalized spacial score (nSPS) is 11.0. The molecule has 0 fully saturated rings. The molecule has 4 aromatic rings. The Bertz CT molecular complexity index is 1610. The summed E-state index contributed by atoms with van der Waals surface area (Å²) in [7, 11) is 3.10. The minimum Gasteiger partial charge on any atom is -0.493 e. The lowest BCUT2D eigenvalue weighted by Crippen LogP contribution is -2.29. The molecule has 0 spiro atoms. The van der Waals surface area contributed by atoms with E-state index in [2.05, 4.69) is 5.32 Å². The van der Waals surface area contributed by atoms with Crippen molar-refractivity contribution in [2.45, 2.75) is 13.0 Å². The third kappa shape index (κ3) is 8.20. The molecule has 3 aromatic carbocycles. The van der Waals surface area contributed by atoms with Crippen molar-refractivity contribution in [3.05, 3.63) is 105 Å². The van der Waals surface area contributed by atoms with Gasteiger partial charge in [0.25, 0.3) is 5.91 Å². The second-order valence-electron chi connectivity index (χ2n) is 8.83. The van der Waals surface area contributed by atoms with Gasteiger partial charge in [-0.2, -0.15) is 0 Å². The number of nitrogens with one attached hydrogen (secondary N) is 1. The van der Waals surface area contributed by atoms with E-state index in [1.807, 2.05) is 12.1 Å². The van der Waals surface area contributed by atoms with Crippen molar-refractivity contribution in [3.8, 4) is 17.2 Å². The predicted molar refractivity (Wildman–Crippen MR) is 155 cm³/mol. The zero-order valence-corrected chi connectivity index (χ0v) is 23.2. The summed E-state index contributed by atoms with van der Waals surface area (Å²) >= 11 is 5.92. The summed E-state index contributed by atoms with van der Waals surface area (Å²) < 4.78 is 26.9. The second kappa shape index (κ2) is 14.2. The predicted octanol–water partition coefficient (Wildman–Crippen LogP) is 5.42. The van der Waals surface area contributed by atoms with Crippen LogP contribution in [0.25, 0.3) is 17.0 Å². The summed E-state index contributed by atoms with van der Waals surface area (Å²) in [5, 5.41) is 3.81. The molecule has 0 bridgehead atoms. The van der Waals surface area contributed by atoms with E-state index < -0.39 is 17.5 Å². The van der Waals surface area contributed by atoms with Crippen molar-refractivity contribution in [1.82, 2.24) is 5.32 Å². The fourth-order valence-corrected chi connectivity index (χ4v) is 3.92. The number of methoxy groups -OCH3 is 2. The third-order valence-electron chi connectivity index (χ3n) is 5.89. The molecule has 0 unspecified atom stereocenters. The van der Waals surface area contributed by atoms with Crippen LogP contribution in [0.3, 0.4) is 0 Å². The number of fused-ring (bicyclic) bond motifs is 1. The third-order valence-corrected chi connectivity index (χ3v) is 6.14. The Hall–Kier alpha value is -4.60. The number of carbonyl (C=O) groups excluding carboxylic acids is 2. The van der Waals surface area contributed by atoms with Crippen molar-refractivity contribution in [3.63, 3.8) is 0 Å². The van der Waals surface area contributed by atoms with Crippen molar-refractivity contribution < 1.29 is 33.0 Å². The van der Waals surface area contributed by atoms with Crippen LogP contribution < -0.4 is 25.2 Å². The summed E-state index contributed by atoms with van der Waals surface area (Å²) in [5.74, 6) is 0.0557. The van der Waals surface area contributed by atoms with E-state index in [4.69, 9.17) is 35.0 Å². The van der Waals surface area contributed by atoms with Gasteiger partial charge >= 0.3 is 11.6 Å². The molecule has 0 saturated carbocycles. The zero-order chi connectivity index (χ0) is 29.2. The SMILES string of the molecule is COCCCNC(=O)c1cc2ccc(OC(=O)/C=C/c3ccc(OCc4ccc(Cl)cc4)c(OC)c3)cc2oc1=O. The van der Waals surface area contributed by atoms with Crippen molar-refractivity contribution in [1.29, 1.82) is 0 Å². The number of esters is 1. The van der Waals surface area contributed by atoms with Crippen LogP contribution in [0.1, 0.15) is 27.9 Å². The van der Waals surface area contributed by atoms with Crippen LogP contribution in [0.2, 0.25) is 5.02 Å². The van der Waals surface area contributed by atoms with Gasteiger partial charge in [0.05, 0.1) is 7.11 Å². The Morgan fingerprint density at radius 3 is 2.54 bits per heavy atom. The van der Waals surface area contributed by atoms with Crippen LogP contribution in [-0.2, 0) is 16.1 Å². The maximum absolute atomic E-state index is 12.5. The average molecular weight is 578 g/mol. The molecular formula is C31H28ClNO8. The summed E-state index contributed by atoms with van der Waals surface area (Å²) in [6, 6.07) is 18.6. The van der Waals surface area contributed by atoms with Gasteiger partial charge in [-0.15, -0.1) is 0 Å². The first-order valence-corrected chi connectivity index (χ1v) is 13.0. The highest BCUT2D eigenvalue weighted by molar-refractivity contribution is 6.30. The maximum atomic E-state index is 12.5. The van der Waals surface area contributed by atoms with Gasteiger partial charge in [0, 0.05) is 42.8 Å². The molecule has 1 heterocycles. The van der Waals surface area contributed by atoms with Gasteiger partial charge in [0.2, 0.25) is 0 Å². The number of benzene rings is 3. The summed E-state index contributed by atoms with van der Waals surface area (Å²) in [6.07, 6.45) is 3.45. The largest absolute Gasteiger partial charge is 0.493 e. The highest BCUT2D eigenvalue weighted by Gasteiger charge is 2.14. The molecule has 0 radical (unpaired) electrons. The van der Waals surface area contributed by atoms with Gasteiger partial charge in [-0.05, 0) is 66.1 Å². The molecule has 212 valence electrons. The number of rotatable bonds is 12. The lowest BCUT2D eigenvalue weighted by molar-refractivity contribution is -0.128. The Kier molecular flexibility index (Phi) is 10.1. The van der Waals surface area contributed by atoms with Gasteiger partial charge < -0.3 is 28.7 Å². The van der Waals surface area contributed by atoms with E-state index in [1.165, 1.54) is 25.3 Å². The number of hydrogen-bond donors (Lipinski definition) is 1. The van der Waals surface area contributed by atoms with E-state index in [0.29, 0.717) is 53.7 Å². The molecular weight excluding hydrogens is 550 g/mol. The molecule has 10 heteroatoms. The Labute approximate surface area is 241 Å². The van der Waals surface area contributed by atoms with E-state index >= 15 is 0 Å². The summed E-state index contributed by atoms with van der Waals surface area (Å²) in [6.45, 7) is 1.19. The highest BCUT2D eigenvalue weighted by atomic mass is 35.5. The van der Waals surface area contributed by atoms with Crippen molar-refractivity contribution in [2.75, 3.05) is 27.4 Å². The standard InChI is InChI=1S/C31H28ClNO8/c1-37-15-3-14-33-30(35)25-17-22-8-11-24(18-27(22)41-31(25)36)40-29(34)13-7-20-6-12-26(28(16-20)38-2)39-19-21-4-9-23(32)10-5-21/h4-13,16-18H,3,14-15,19H2,1-2H3,(H,33,35)/b13-7+. The number of amides is 1. The van der Waals surface area contributed by atoms with Crippen LogP contribution in [0.5, 0.6) is 17.2 Å². The molecule has 41 heavy (non-hydrogen) atoms. The monoisotopic (exact) mass is 577 g/mol. The molecule has 4 rings (SSSR count). The van der Waals surface area contributed by atoms with E-state index in [0.717, 1.165) is 5.56 Å². The van der Waals surface area contributed by atoms with Crippen LogP contribution in [0, 0.1) is 0 Å². The molecule has 0 aliphatic carbocycles. The molecule has 0 aliphatic rings. The first-order valence-electron chi connectivity index (χ1n) is 12.7. The smallest absolute Gasteiger partial charge is 0.349 e. The highest BCUT2D eigenvalue weighted by Crippen LogP contribution is 2.29. The molecule has 9 nitrogen and oxygen atoms in total. The van der Waals surface area contributed by atoms with E-state index in [1.54, 1.807) is 55.7 Å². The number of halogens is 1. The van der Waals surface area contributed by atoms with Gasteiger partial charge in [-0.25, -0.2) is 9.59 Å². The number of carbonyl (C=O) groups is 2. The molecule has 0 saturated heterocycles. The summed E-state index contributed by atoms with van der Waals surface area (Å²) in [4.78, 5) is 37.1. The molecule has 0 aliphatic heterocycles. The fraction of sp³-hybridized carbons (Fsp3) is 0.194. The number of hydrogen-bond acceptors (Lipinski definition) is 8. The minimum atomic E-state index is -0.792. The van der Waals surface area contributed by atoms with E-state index in [-0.39, 0.29) is 16.9 Å². The van der Waals surface area contributed by atoms with Crippen LogP contribution >= 0.6 is 11.6 Å². The van der Waals surface area contributed by atoms with Gasteiger partial charge in [0.1, 0.15) is 23.5 Å². The maximum Gasteiger partial charge on any atom is 0.349 e.